The van der Waals surface area contributed by atoms with E-state index >= 15 is 0 Å². The van der Waals surface area contributed by atoms with Crippen LogP contribution in [0.2, 0.25) is 5.02 Å². The van der Waals surface area contributed by atoms with E-state index in [1.54, 1.807) is 41.3 Å². The summed E-state index contributed by atoms with van der Waals surface area (Å²) in [6, 6.07) is 10.4. The topological polar surface area (TPSA) is 67.9 Å². The molecule has 2 aliphatic heterocycles. The van der Waals surface area contributed by atoms with Crippen LogP contribution in [0, 0.1) is 5.92 Å². The van der Waals surface area contributed by atoms with Crippen LogP contribution in [0.5, 0.6) is 11.5 Å². The van der Waals surface area contributed by atoms with Crippen molar-refractivity contribution in [2.24, 2.45) is 5.92 Å². The summed E-state index contributed by atoms with van der Waals surface area (Å²) < 4.78 is 11.9. The molecule has 1 fully saturated rings. The zero-order valence-electron chi connectivity index (χ0n) is 15.6. The molecule has 2 aromatic rings. The number of likely N-dealkylation sites (tertiary alicyclic amines) is 1. The van der Waals surface area contributed by atoms with Crippen LogP contribution in [0.4, 0.5) is 5.69 Å². The fraction of sp³-hybridized carbons (Fsp3) is 0.333. The van der Waals surface area contributed by atoms with Gasteiger partial charge in [-0.2, -0.15) is 0 Å². The van der Waals surface area contributed by atoms with Gasteiger partial charge in [-0.05, 0) is 53.0 Å². The minimum Gasteiger partial charge on any atom is -0.486 e. The molecule has 1 N–H and O–H groups in total. The summed E-state index contributed by atoms with van der Waals surface area (Å²) in [5, 5.41) is 3.57. The number of anilines is 1. The maximum absolute atomic E-state index is 12.7. The van der Waals surface area contributed by atoms with Crippen molar-refractivity contribution in [2.75, 3.05) is 31.6 Å². The van der Waals surface area contributed by atoms with E-state index in [1.165, 1.54) is 0 Å². The fourth-order valence-electron chi connectivity index (χ4n) is 3.51. The van der Waals surface area contributed by atoms with Crippen LogP contribution in [0.15, 0.2) is 40.9 Å². The Morgan fingerprint density at radius 2 is 1.66 bits per heavy atom. The minimum absolute atomic E-state index is 0.0323. The molecule has 2 aromatic carbocycles. The molecule has 0 saturated carbocycles. The molecule has 1 saturated heterocycles. The molecule has 0 atom stereocenters. The van der Waals surface area contributed by atoms with Gasteiger partial charge in [0.25, 0.3) is 5.91 Å². The molecule has 8 heteroatoms. The molecule has 2 heterocycles. The molecular formula is C21H20BrClN2O4. The highest BCUT2D eigenvalue weighted by molar-refractivity contribution is 9.10. The number of hydrogen-bond donors (Lipinski definition) is 1. The Hall–Kier alpha value is -2.25. The summed E-state index contributed by atoms with van der Waals surface area (Å²) in [5.74, 6) is 1.05. The molecule has 4 rings (SSSR count). The number of piperidine rings is 1. The molecule has 0 bridgehead atoms. The van der Waals surface area contributed by atoms with Gasteiger partial charge >= 0.3 is 0 Å². The van der Waals surface area contributed by atoms with E-state index in [2.05, 4.69) is 21.2 Å². The SMILES string of the molecule is O=C(Nc1cc2c(cc1Br)OCCO2)C1CCN(C(=O)c2ccc(Cl)cc2)CC1. The number of benzene rings is 2. The van der Waals surface area contributed by atoms with Crippen molar-refractivity contribution in [1.82, 2.24) is 4.90 Å². The van der Waals surface area contributed by atoms with Gasteiger partial charge in [0.1, 0.15) is 13.2 Å². The Bertz CT molecular complexity index is 927. The van der Waals surface area contributed by atoms with Gasteiger partial charge in [0.15, 0.2) is 11.5 Å². The summed E-state index contributed by atoms with van der Waals surface area (Å²) in [6.45, 7) is 2.09. The first-order chi connectivity index (χ1) is 14.0. The summed E-state index contributed by atoms with van der Waals surface area (Å²) >= 11 is 9.36. The molecule has 2 amide bonds. The zero-order chi connectivity index (χ0) is 20.4. The zero-order valence-corrected chi connectivity index (χ0v) is 18.0. The first-order valence-electron chi connectivity index (χ1n) is 9.46. The number of rotatable bonds is 3. The Kier molecular flexibility index (Phi) is 5.96. The van der Waals surface area contributed by atoms with Crippen LogP contribution in [0.3, 0.4) is 0 Å². The van der Waals surface area contributed by atoms with Crippen molar-refractivity contribution >= 4 is 45.0 Å². The molecule has 0 aromatic heterocycles. The van der Waals surface area contributed by atoms with E-state index < -0.39 is 0 Å². The Morgan fingerprint density at radius 1 is 1.03 bits per heavy atom. The maximum Gasteiger partial charge on any atom is 0.253 e. The number of amides is 2. The van der Waals surface area contributed by atoms with E-state index in [0.29, 0.717) is 66.9 Å². The molecular weight excluding hydrogens is 460 g/mol. The molecule has 0 radical (unpaired) electrons. The lowest BCUT2D eigenvalue weighted by Gasteiger charge is -2.31. The van der Waals surface area contributed by atoms with Crippen molar-refractivity contribution in [3.05, 3.63) is 51.5 Å². The molecule has 0 unspecified atom stereocenters. The van der Waals surface area contributed by atoms with Crippen LogP contribution in [0.25, 0.3) is 0 Å². The molecule has 2 aliphatic rings. The van der Waals surface area contributed by atoms with Gasteiger partial charge in [0, 0.05) is 46.2 Å². The second-order valence-electron chi connectivity index (χ2n) is 7.04. The van der Waals surface area contributed by atoms with Crippen molar-refractivity contribution in [1.29, 1.82) is 0 Å². The minimum atomic E-state index is -0.149. The molecule has 0 spiro atoms. The highest BCUT2D eigenvalue weighted by Crippen LogP contribution is 2.38. The van der Waals surface area contributed by atoms with E-state index in [9.17, 15) is 9.59 Å². The van der Waals surface area contributed by atoms with Crippen molar-refractivity contribution < 1.29 is 19.1 Å². The average molecular weight is 480 g/mol. The summed E-state index contributed by atoms with van der Waals surface area (Å²) in [7, 11) is 0. The van der Waals surface area contributed by atoms with Crippen LogP contribution in [-0.2, 0) is 4.79 Å². The third-order valence-electron chi connectivity index (χ3n) is 5.13. The number of ether oxygens (including phenoxy) is 2. The summed E-state index contributed by atoms with van der Waals surface area (Å²) in [6.07, 6.45) is 1.24. The standard InChI is InChI=1S/C21H20BrClN2O4/c22-16-11-18-19(29-10-9-28-18)12-17(16)24-20(26)13-5-7-25(8-6-13)21(27)14-1-3-15(23)4-2-14/h1-4,11-13H,5-10H2,(H,24,26). The third kappa shape index (κ3) is 4.51. The van der Waals surface area contributed by atoms with E-state index in [-0.39, 0.29) is 17.7 Å². The average Bonchev–Trinajstić information content (AvgIpc) is 2.74. The first-order valence-corrected chi connectivity index (χ1v) is 10.6. The third-order valence-corrected chi connectivity index (χ3v) is 6.04. The van der Waals surface area contributed by atoms with Crippen molar-refractivity contribution in [2.45, 2.75) is 12.8 Å². The Balaban J connectivity index is 1.36. The predicted octanol–water partition coefficient (Wildman–Crippen LogP) is 4.36. The Labute approximate surface area is 182 Å². The quantitative estimate of drug-likeness (QED) is 0.710. The van der Waals surface area contributed by atoms with E-state index in [0.717, 1.165) is 4.47 Å². The predicted molar refractivity (Wildman–Crippen MR) is 114 cm³/mol. The lowest BCUT2D eigenvalue weighted by atomic mass is 9.95. The number of fused-ring (bicyclic) bond motifs is 1. The van der Waals surface area contributed by atoms with Crippen molar-refractivity contribution in [3.8, 4) is 11.5 Å². The largest absolute Gasteiger partial charge is 0.486 e. The number of nitrogens with one attached hydrogen (secondary N) is 1. The monoisotopic (exact) mass is 478 g/mol. The van der Waals surface area contributed by atoms with Crippen LogP contribution >= 0.6 is 27.5 Å². The maximum atomic E-state index is 12.7. The van der Waals surface area contributed by atoms with Gasteiger partial charge in [-0.15, -0.1) is 0 Å². The van der Waals surface area contributed by atoms with Crippen LogP contribution in [-0.4, -0.2) is 43.0 Å². The smallest absolute Gasteiger partial charge is 0.253 e. The second kappa shape index (κ2) is 8.63. The Morgan fingerprint density at radius 3 is 2.31 bits per heavy atom. The van der Waals surface area contributed by atoms with E-state index in [4.69, 9.17) is 21.1 Å². The van der Waals surface area contributed by atoms with Gasteiger partial charge in [-0.3, -0.25) is 9.59 Å². The molecule has 0 aliphatic carbocycles. The number of carbonyl (C=O) groups excluding carboxylic acids is 2. The van der Waals surface area contributed by atoms with E-state index in [1.807, 2.05) is 0 Å². The number of nitrogens with zero attached hydrogens (tertiary/aromatic N) is 1. The normalized spacial score (nSPS) is 16.4. The van der Waals surface area contributed by atoms with Gasteiger partial charge in [-0.1, -0.05) is 11.6 Å². The molecule has 29 heavy (non-hydrogen) atoms. The van der Waals surface area contributed by atoms with Crippen LogP contribution < -0.4 is 14.8 Å². The summed E-state index contributed by atoms with van der Waals surface area (Å²) in [4.78, 5) is 27.1. The van der Waals surface area contributed by atoms with Crippen molar-refractivity contribution in [3.63, 3.8) is 0 Å². The lowest BCUT2D eigenvalue weighted by molar-refractivity contribution is -0.121. The number of hydrogen-bond acceptors (Lipinski definition) is 4. The second-order valence-corrected chi connectivity index (χ2v) is 8.33. The van der Waals surface area contributed by atoms with Crippen LogP contribution in [0.1, 0.15) is 23.2 Å². The number of halogens is 2. The molecule has 6 nitrogen and oxygen atoms in total. The first kappa shape index (κ1) is 20.0. The van der Waals surface area contributed by atoms with Gasteiger partial charge < -0.3 is 19.7 Å². The number of carbonyl (C=O) groups is 2. The highest BCUT2D eigenvalue weighted by atomic mass is 79.9. The van der Waals surface area contributed by atoms with Gasteiger partial charge in [0.2, 0.25) is 5.91 Å². The molecule has 152 valence electrons. The van der Waals surface area contributed by atoms with Gasteiger partial charge in [0.05, 0.1) is 5.69 Å². The highest BCUT2D eigenvalue weighted by Gasteiger charge is 2.28. The lowest BCUT2D eigenvalue weighted by Crippen LogP contribution is -2.41. The fourth-order valence-corrected chi connectivity index (χ4v) is 4.06. The summed E-state index contributed by atoms with van der Waals surface area (Å²) in [5.41, 5.74) is 1.26. The van der Waals surface area contributed by atoms with Gasteiger partial charge in [-0.25, -0.2) is 0 Å².